The summed E-state index contributed by atoms with van der Waals surface area (Å²) in [6.07, 6.45) is 0.738. The summed E-state index contributed by atoms with van der Waals surface area (Å²) in [4.78, 5) is 35.8. The van der Waals surface area contributed by atoms with Crippen LogP contribution in [-0.4, -0.2) is 42.8 Å². The lowest BCUT2D eigenvalue weighted by atomic mass is 9.94. The van der Waals surface area contributed by atoms with E-state index in [1.807, 2.05) is 38.1 Å². The highest BCUT2D eigenvalue weighted by Gasteiger charge is 2.29. The fourth-order valence-electron chi connectivity index (χ4n) is 4.74. The van der Waals surface area contributed by atoms with Gasteiger partial charge in [-0.2, -0.15) is 0 Å². The largest absolute Gasteiger partial charge is 0.481 e. The van der Waals surface area contributed by atoms with Crippen molar-refractivity contribution in [1.82, 2.24) is 10.6 Å². The highest BCUT2D eigenvalue weighted by molar-refractivity contribution is 5.79. The van der Waals surface area contributed by atoms with Crippen LogP contribution in [0.3, 0.4) is 0 Å². The number of carbonyl (C=O) groups excluding carboxylic acids is 2. The maximum atomic E-state index is 12.4. The van der Waals surface area contributed by atoms with E-state index < -0.39 is 12.1 Å². The van der Waals surface area contributed by atoms with Crippen molar-refractivity contribution in [3.05, 3.63) is 59.7 Å². The van der Waals surface area contributed by atoms with Crippen LogP contribution < -0.4 is 10.6 Å². The Balaban J connectivity index is 1.41. The molecule has 2 aromatic carbocycles. The monoisotopic (exact) mass is 480 g/mol. The number of amides is 2. The van der Waals surface area contributed by atoms with E-state index in [1.54, 1.807) is 6.92 Å². The number of nitrogens with one attached hydrogen (secondary N) is 2. The first-order chi connectivity index (χ1) is 16.8. The molecule has 0 radical (unpaired) electrons. The minimum atomic E-state index is -0.856. The van der Waals surface area contributed by atoms with E-state index in [0.717, 1.165) is 17.5 Å². The Morgan fingerprint density at radius 2 is 1.54 bits per heavy atom. The van der Waals surface area contributed by atoms with Crippen molar-refractivity contribution in [3.8, 4) is 11.1 Å². The third-order valence-electron chi connectivity index (χ3n) is 6.47. The highest BCUT2D eigenvalue weighted by atomic mass is 16.5. The maximum Gasteiger partial charge on any atom is 0.407 e. The quantitative estimate of drug-likeness (QED) is 0.405. The van der Waals surface area contributed by atoms with Crippen molar-refractivity contribution < 1.29 is 24.2 Å². The van der Waals surface area contributed by atoms with Gasteiger partial charge < -0.3 is 20.5 Å². The second-order valence-corrected chi connectivity index (χ2v) is 9.78. The molecule has 0 fully saturated rings. The molecule has 0 bridgehead atoms. The Hall–Kier alpha value is -3.35. The van der Waals surface area contributed by atoms with Crippen molar-refractivity contribution in [3.63, 3.8) is 0 Å². The van der Waals surface area contributed by atoms with Crippen molar-refractivity contribution in [2.24, 2.45) is 17.8 Å². The summed E-state index contributed by atoms with van der Waals surface area (Å²) >= 11 is 0. The highest BCUT2D eigenvalue weighted by Crippen LogP contribution is 2.44. The number of hydrogen-bond donors (Lipinski definition) is 3. The SMILES string of the molecule is CC(C)CC(CNC(=O)C(C)CCNC(=O)OCC1c2ccccc2-c2ccccc21)CC(=O)O. The second-order valence-electron chi connectivity index (χ2n) is 9.78. The standard InChI is InChI=1S/C28H36N2O5/c1-18(2)14-20(15-26(31)32)16-30-27(33)19(3)12-13-29-28(34)35-17-25-23-10-6-4-8-21(23)22-9-5-7-11-24(22)25/h4-11,18-20,25H,12-17H2,1-3H3,(H,29,34)(H,30,33)(H,31,32). The average molecular weight is 481 g/mol. The van der Waals surface area contributed by atoms with Gasteiger partial charge in [0.2, 0.25) is 5.91 Å². The lowest BCUT2D eigenvalue weighted by molar-refractivity contribution is -0.138. The van der Waals surface area contributed by atoms with E-state index in [1.165, 1.54) is 11.1 Å². The molecular weight excluding hydrogens is 444 g/mol. The molecule has 3 N–H and O–H groups in total. The Morgan fingerprint density at radius 3 is 2.11 bits per heavy atom. The summed E-state index contributed by atoms with van der Waals surface area (Å²) in [5.74, 6) is -1.04. The smallest absolute Gasteiger partial charge is 0.407 e. The van der Waals surface area contributed by atoms with Crippen LogP contribution in [0.15, 0.2) is 48.5 Å². The zero-order valence-corrected chi connectivity index (χ0v) is 20.8. The van der Waals surface area contributed by atoms with Gasteiger partial charge in [-0.05, 0) is 46.9 Å². The molecule has 35 heavy (non-hydrogen) atoms. The van der Waals surface area contributed by atoms with E-state index in [4.69, 9.17) is 9.84 Å². The predicted octanol–water partition coefficient (Wildman–Crippen LogP) is 4.80. The number of fused-ring (bicyclic) bond motifs is 3. The topological polar surface area (TPSA) is 105 Å². The van der Waals surface area contributed by atoms with Crippen molar-refractivity contribution in [2.45, 2.75) is 46.0 Å². The van der Waals surface area contributed by atoms with Gasteiger partial charge in [0.1, 0.15) is 6.61 Å². The van der Waals surface area contributed by atoms with E-state index >= 15 is 0 Å². The third kappa shape index (κ3) is 7.31. The van der Waals surface area contributed by atoms with Crippen LogP contribution in [0.2, 0.25) is 0 Å². The number of carbonyl (C=O) groups is 3. The average Bonchev–Trinajstić information content (AvgIpc) is 3.14. The molecule has 0 heterocycles. The fraction of sp³-hybridized carbons (Fsp3) is 0.464. The van der Waals surface area contributed by atoms with Crippen LogP contribution in [0, 0.1) is 17.8 Å². The molecule has 2 amide bonds. The first-order valence-corrected chi connectivity index (χ1v) is 12.3. The van der Waals surface area contributed by atoms with Crippen LogP contribution in [0.5, 0.6) is 0 Å². The number of alkyl carbamates (subject to hydrolysis) is 1. The van der Waals surface area contributed by atoms with E-state index in [2.05, 4.69) is 34.9 Å². The van der Waals surface area contributed by atoms with Crippen LogP contribution in [-0.2, 0) is 14.3 Å². The molecule has 7 nitrogen and oxygen atoms in total. The first kappa shape index (κ1) is 26.3. The van der Waals surface area contributed by atoms with Gasteiger partial charge in [-0.3, -0.25) is 9.59 Å². The number of carboxylic acid groups (broad SMARTS) is 1. The Bertz CT molecular complexity index is 990. The molecule has 1 aliphatic rings. The van der Waals surface area contributed by atoms with Crippen molar-refractivity contribution in [1.29, 1.82) is 0 Å². The molecule has 2 atom stereocenters. The molecule has 188 valence electrons. The summed E-state index contributed by atoms with van der Waals surface area (Å²) in [7, 11) is 0. The number of ether oxygens (including phenoxy) is 1. The molecular formula is C28H36N2O5. The molecule has 0 aromatic heterocycles. The molecule has 0 saturated carbocycles. The Labute approximate surface area is 207 Å². The third-order valence-corrected chi connectivity index (χ3v) is 6.47. The lowest BCUT2D eigenvalue weighted by Crippen LogP contribution is -2.36. The number of carboxylic acids is 1. The minimum Gasteiger partial charge on any atom is -0.481 e. The summed E-state index contributed by atoms with van der Waals surface area (Å²) in [6.45, 7) is 6.77. The normalized spacial score (nSPS) is 14.1. The van der Waals surface area contributed by atoms with Crippen LogP contribution in [0.4, 0.5) is 4.79 Å². The Kier molecular flexibility index (Phi) is 9.29. The van der Waals surface area contributed by atoms with Gasteiger partial charge in [-0.25, -0.2) is 4.79 Å². The van der Waals surface area contributed by atoms with E-state index in [9.17, 15) is 14.4 Å². The molecule has 0 spiro atoms. The zero-order valence-electron chi connectivity index (χ0n) is 20.8. The van der Waals surface area contributed by atoms with Crippen molar-refractivity contribution >= 4 is 18.0 Å². The molecule has 7 heteroatoms. The first-order valence-electron chi connectivity index (χ1n) is 12.3. The summed E-state index contributed by atoms with van der Waals surface area (Å²) in [5.41, 5.74) is 4.67. The molecule has 0 aliphatic heterocycles. The number of rotatable bonds is 12. The zero-order chi connectivity index (χ0) is 25.4. The molecule has 0 saturated heterocycles. The van der Waals surface area contributed by atoms with Gasteiger partial charge in [0, 0.05) is 31.3 Å². The van der Waals surface area contributed by atoms with Crippen molar-refractivity contribution in [2.75, 3.05) is 19.7 Å². The van der Waals surface area contributed by atoms with Gasteiger partial charge in [0.25, 0.3) is 0 Å². The summed E-state index contributed by atoms with van der Waals surface area (Å²) in [6, 6.07) is 16.3. The molecule has 2 unspecified atom stereocenters. The molecule has 2 aromatic rings. The van der Waals surface area contributed by atoms with E-state index in [0.29, 0.717) is 25.4 Å². The minimum absolute atomic E-state index is 0.00226. The van der Waals surface area contributed by atoms with Crippen LogP contribution in [0.25, 0.3) is 11.1 Å². The molecule has 1 aliphatic carbocycles. The summed E-state index contributed by atoms with van der Waals surface area (Å²) in [5, 5.41) is 14.7. The van der Waals surface area contributed by atoms with E-state index in [-0.39, 0.29) is 36.7 Å². The predicted molar refractivity (Wildman–Crippen MR) is 135 cm³/mol. The number of benzene rings is 2. The summed E-state index contributed by atoms with van der Waals surface area (Å²) < 4.78 is 5.53. The maximum absolute atomic E-state index is 12.4. The number of hydrogen-bond acceptors (Lipinski definition) is 4. The fourth-order valence-corrected chi connectivity index (χ4v) is 4.74. The van der Waals surface area contributed by atoms with Crippen LogP contribution >= 0.6 is 0 Å². The lowest BCUT2D eigenvalue weighted by Gasteiger charge is -2.19. The van der Waals surface area contributed by atoms with Gasteiger partial charge in [-0.1, -0.05) is 69.3 Å². The second kappa shape index (κ2) is 12.4. The molecule has 3 rings (SSSR count). The number of aliphatic carboxylic acids is 1. The van der Waals surface area contributed by atoms with Gasteiger partial charge in [0.15, 0.2) is 0 Å². The Morgan fingerprint density at radius 1 is 0.943 bits per heavy atom. The van der Waals surface area contributed by atoms with Gasteiger partial charge in [-0.15, -0.1) is 0 Å². The van der Waals surface area contributed by atoms with Gasteiger partial charge in [0.05, 0.1) is 0 Å². The van der Waals surface area contributed by atoms with Crippen LogP contribution in [0.1, 0.15) is 57.1 Å². The van der Waals surface area contributed by atoms with Gasteiger partial charge >= 0.3 is 12.1 Å².